The van der Waals surface area contributed by atoms with E-state index < -0.39 is 0 Å². The number of rotatable bonds is 4. The highest BCUT2D eigenvalue weighted by Crippen LogP contribution is 2.10. The summed E-state index contributed by atoms with van der Waals surface area (Å²) in [6.45, 7) is 6.70. The predicted octanol–water partition coefficient (Wildman–Crippen LogP) is 0.272. The van der Waals surface area contributed by atoms with Crippen LogP contribution in [0.3, 0.4) is 0 Å². The summed E-state index contributed by atoms with van der Waals surface area (Å²) in [6, 6.07) is 0. The molecule has 6 nitrogen and oxygen atoms in total. The lowest BCUT2D eigenvalue weighted by Gasteiger charge is -2.35. The lowest BCUT2D eigenvalue weighted by atomic mass is 10.0. The molecular formula is C12H23N3O3. The summed E-state index contributed by atoms with van der Waals surface area (Å²) >= 11 is 0. The molecule has 1 unspecified atom stereocenters. The molecular weight excluding hydrogens is 234 g/mol. The van der Waals surface area contributed by atoms with Crippen LogP contribution in [0.5, 0.6) is 0 Å². The van der Waals surface area contributed by atoms with Crippen LogP contribution < -0.4 is 5.73 Å². The quantitative estimate of drug-likeness (QED) is 0.784. The highest BCUT2D eigenvalue weighted by molar-refractivity contribution is 5.79. The van der Waals surface area contributed by atoms with E-state index >= 15 is 0 Å². The average Bonchev–Trinajstić information content (AvgIpc) is 2.40. The van der Waals surface area contributed by atoms with Crippen LogP contribution in [0.2, 0.25) is 0 Å². The summed E-state index contributed by atoms with van der Waals surface area (Å²) in [6.07, 6.45) is 0.461. The smallest absolute Gasteiger partial charge is 0.409 e. The zero-order chi connectivity index (χ0) is 13.5. The van der Waals surface area contributed by atoms with E-state index in [0.29, 0.717) is 39.3 Å². The van der Waals surface area contributed by atoms with Crippen LogP contribution >= 0.6 is 0 Å². The molecule has 6 heteroatoms. The van der Waals surface area contributed by atoms with Crippen molar-refractivity contribution in [1.82, 2.24) is 9.80 Å². The van der Waals surface area contributed by atoms with E-state index in [4.69, 9.17) is 10.5 Å². The van der Waals surface area contributed by atoms with Gasteiger partial charge in [0, 0.05) is 32.7 Å². The van der Waals surface area contributed by atoms with Crippen molar-refractivity contribution in [1.29, 1.82) is 0 Å². The number of nitrogens with zero attached hydrogens (tertiary/aromatic N) is 2. The van der Waals surface area contributed by atoms with E-state index in [1.54, 1.807) is 16.7 Å². The first-order valence-electron chi connectivity index (χ1n) is 6.54. The molecule has 1 atom stereocenters. The van der Waals surface area contributed by atoms with Gasteiger partial charge in [-0.1, -0.05) is 6.92 Å². The van der Waals surface area contributed by atoms with Gasteiger partial charge in [0.25, 0.3) is 0 Å². The second-order valence-electron chi connectivity index (χ2n) is 4.35. The molecule has 0 aromatic rings. The minimum atomic E-state index is -0.296. The summed E-state index contributed by atoms with van der Waals surface area (Å²) in [7, 11) is 0. The molecule has 0 aliphatic carbocycles. The molecule has 0 saturated carbocycles. The van der Waals surface area contributed by atoms with Crippen molar-refractivity contribution in [3.8, 4) is 0 Å². The van der Waals surface area contributed by atoms with Gasteiger partial charge in [-0.15, -0.1) is 0 Å². The minimum absolute atomic E-state index is 0.0980. The molecule has 0 spiro atoms. The van der Waals surface area contributed by atoms with Gasteiger partial charge < -0.3 is 20.3 Å². The van der Waals surface area contributed by atoms with Gasteiger partial charge in [-0.05, 0) is 13.3 Å². The molecule has 0 bridgehead atoms. The van der Waals surface area contributed by atoms with Crippen LogP contribution in [0.4, 0.5) is 4.79 Å². The van der Waals surface area contributed by atoms with Gasteiger partial charge in [0.2, 0.25) is 5.91 Å². The van der Waals surface area contributed by atoms with Gasteiger partial charge in [0.1, 0.15) is 0 Å². The molecule has 0 aromatic carbocycles. The fraction of sp³-hybridized carbons (Fsp3) is 0.833. The maximum atomic E-state index is 12.1. The highest BCUT2D eigenvalue weighted by atomic mass is 16.6. The van der Waals surface area contributed by atoms with Crippen molar-refractivity contribution in [2.75, 3.05) is 39.3 Å². The molecule has 1 heterocycles. The topological polar surface area (TPSA) is 75.9 Å². The SMILES string of the molecule is CCOC(=O)N1CCN(C(=O)C(CC)CN)CC1. The number of piperazine rings is 1. The zero-order valence-electron chi connectivity index (χ0n) is 11.2. The Bertz CT molecular complexity index is 284. The summed E-state index contributed by atoms with van der Waals surface area (Å²) in [5.41, 5.74) is 5.57. The normalized spacial score (nSPS) is 17.5. The molecule has 104 valence electrons. The molecule has 2 amide bonds. The average molecular weight is 257 g/mol. The Kier molecular flexibility index (Phi) is 5.91. The van der Waals surface area contributed by atoms with Gasteiger partial charge in [-0.3, -0.25) is 4.79 Å². The molecule has 18 heavy (non-hydrogen) atoms. The van der Waals surface area contributed by atoms with Crippen LogP contribution in [0.1, 0.15) is 20.3 Å². The van der Waals surface area contributed by atoms with Crippen molar-refractivity contribution in [2.24, 2.45) is 11.7 Å². The minimum Gasteiger partial charge on any atom is -0.450 e. The number of hydrogen-bond donors (Lipinski definition) is 1. The van der Waals surface area contributed by atoms with Crippen LogP contribution in [0, 0.1) is 5.92 Å². The van der Waals surface area contributed by atoms with Crippen LogP contribution in [-0.2, 0) is 9.53 Å². The van der Waals surface area contributed by atoms with Gasteiger partial charge in [-0.2, -0.15) is 0 Å². The van der Waals surface area contributed by atoms with Gasteiger partial charge >= 0.3 is 6.09 Å². The molecule has 0 radical (unpaired) electrons. The number of nitrogens with two attached hydrogens (primary N) is 1. The monoisotopic (exact) mass is 257 g/mol. The van der Waals surface area contributed by atoms with Gasteiger partial charge in [0.15, 0.2) is 0 Å². The Morgan fingerprint density at radius 3 is 2.17 bits per heavy atom. The summed E-state index contributed by atoms with van der Waals surface area (Å²) in [4.78, 5) is 27.0. The Labute approximate surface area is 108 Å². The third kappa shape index (κ3) is 3.60. The van der Waals surface area contributed by atoms with Crippen LogP contribution in [0.15, 0.2) is 0 Å². The molecule has 0 aromatic heterocycles. The Morgan fingerprint density at radius 2 is 1.72 bits per heavy atom. The fourth-order valence-electron chi connectivity index (χ4n) is 2.02. The molecule has 1 rings (SSSR count). The highest BCUT2D eigenvalue weighted by Gasteiger charge is 2.27. The number of hydrogen-bond acceptors (Lipinski definition) is 4. The second-order valence-corrected chi connectivity index (χ2v) is 4.35. The first-order valence-corrected chi connectivity index (χ1v) is 6.54. The van der Waals surface area contributed by atoms with Gasteiger partial charge in [0.05, 0.1) is 12.5 Å². The van der Waals surface area contributed by atoms with Gasteiger partial charge in [-0.25, -0.2) is 4.79 Å². The first kappa shape index (κ1) is 14.8. The summed E-state index contributed by atoms with van der Waals surface area (Å²) in [5.74, 6) is 0.00246. The van der Waals surface area contributed by atoms with E-state index in [1.807, 2.05) is 6.92 Å². The van der Waals surface area contributed by atoms with Crippen molar-refractivity contribution < 1.29 is 14.3 Å². The van der Waals surface area contributed by atoms with Crippen molar-refractivity contribution in [2.45, 2.75) is 20.3 Å². The predicted molar refractivity (Wildman–Crippen MR) is 68.0 cm³/mol. The molecule has 2 N–H and O–H groups in total. The molecule has 1 saturated heterocycles. The largest absolute Gasteiger partial charge is 0.450 e. The Morgan fingerprint density at radius 1 is 1.17 bits per heavy atom. The Hall–Kier alpha value is -1.30. The molecule has 1 aliphatic heterocycles. The third-order valence-electron chi connectivity index (χ3n) is 3.24. The van der Waals surface area contributed by atoms with Crippen LogP contribution in [0.25, 0.3) is 0 Å². The molecule has 1 fully saturated rings. The van der Waals surface area contributed by atoms with Crippen molar-refractivity contribution in [3.63, 3.8) is 0 Å². The van der Waals surface area contributed by atoms with E-state index in [2.05, 4.69) is 0 Å². The number of carbonyl (C=O) groups is 2. The number of carbonyl (C=O) groups excluding carboxylic acids is 2. The standard InChI is InChI=1S/C12H23N3O3/c1-3-10(9-13)11(16)14-5-7-15(8-6-14)12(17)18-4-2/h10H,3-9,13H2,1-2H3. The van der Waals surface area contributed by atoms with Crippen molar-refractivity contribution in [3.05, 3.63) is 0 Å². The Balaban J connectivity index is 2.43. The van der Waals surface area contributed by atoms with E-state index in [-0.39, 0.29) is 17.9 Å². The third-order valence-corrected chi connectivity index (χ3v) is 3.24. The summed E-state index contributed by atoms with van der Waals surface area (Å²) in [5, 5.41) is 0. The maximum Gasteiger partial charge on any atom is 0.409 e. The lowest BCUT2D eigenvalue weighted by molar-refractivity contribution is -0.136. The zero-order valence-corrected chi connectivity index (χ0v) is 11.2. The maximum absolute atomic E-state index is 12.1. The number of ether oxygens (including phenoxy) is 1. The second kappa shape index (κ2) is 7.20. The van der Waals surface area contributed by atoms with E-state index in [1.165, 1.54) is 0 Å². The first-order chi connectivity index (χ1) is 8.63. The van der Waals surface area contributed by atoms with E-state index in [0.717, 1.165) is 6.42 Å². The van der Waals surface area contributed by atoms with E-state index in [9.17, 15) is 9.59 Å². The number of amides is 2. The summed E-state index contributed by atoms with van der Waals surface area (Å²) < 4.78 is 4.93. The van der Waals surface area contributed by atoms with Crippen LogP contribution in [-0.4, -0.2) is 61.1 Å². The lowest BCUT2D eigenvalue weighted by Crippen LogP contribution is -2.52. The van der Waals surface area contributed by atoms with Crippen molar-refractivity contribution >= 4 is 12.0 Å². The fourth-order valence-corrected chi connectivity index (χ4v) is 2.02. The molecule has 1 aliphatic rings.